The number of benzene rings is 1. The molecular weight excluding hydrogens is 268 g/mol. The van der Waals surface area contributed by atoms with E-state index in [1.165, 1.54) is 6.07 Å². The van der Waals surface area contributed by atoms with Gasteiger partial charge in [0, 0.05) is 11.5 Å². The zero-order valence-electron chi connectivity index (χ0n) is 10.8. The summed E-state index contributed by atoms with van der Waals surface area (Å²) in [7, 11) is 0. The van der Waals surface area contributed by atoms with E-state index < -0.39 is 0 Å². The first-order valence-electron chi connectivity index (χ1n) is 6.16. The van der Waals surface area contributed by atoms with E-state index in [9.17, 15) is 4.79 Å². The fourth-order valence-corrected chi connectivity index (χ4v) is 1.95. The van der Waals surface area contributed by atoms with Gasteiger partial charge < -0.3 is 4.42 Å². The Kier molecular flexibility index (Phi) is 5.55. The van der Waals surface area contributed by atoms with Crippen molar-refractivity contribution < 1.29 is 4.42 Å². The van der Waals surface area contributed by atoms with Crippen molar-refractivity contribution in [3.05, 3.63) is 94.0 Å². The van der Waals surface area contributed by atoms with Crippen LogP contribution in [0.2, 0.25) is 0 Å². The Morgan fingerprint density at radius 3 is 2.10 bits per heavy atom. The molecule has 0 saturated carbocycles. The highest BCUT2D eigenvalue weighted by atomic mass is 32.1. The maximum absolute atomic E-state index is 10.7. The zero-order chi connectivity index (χ0) is 14.0. The number of para-hydroxylation sites is 1. The Morgan fingerprint density at radius 2 is 1.35 bits per heavy atom. The molecule has 0 aliphatic heterocycles. The predicted octanol–water partition coefficient (Wildman–Crippen LogP) is 4.67. The molecule has 3 rings (SSSR count). The van der Waals surface area contributed by atoms with Crippen LogP contribution >= 0.6 is 11.3 Å². The molecule has 0 fully saturated rings. The summed E-state index contributed by atoms with van der Waals surface area (Å²) < 4.78 is 4.91. The van der Waals surface area contributed by atoms with Crippen LogP contribution in [0.5, 0.6) is 0 Å². The van der Waals surface area contributed by atoms with Crippen LogP contribution in [0.3, 0.4) is 0 Å². The van der Waals surface area contributed by atoms with Gasteiger partial charge in [-0.05, 0) is 22.9 Å². The Balaban J connectivity index is 0.000000151. The predicted molar refractivity (Wildman–Crippen MR) is 84.4 cm³/mol. The topological polar surface area (TPSA) is 30.2 Å². The van der Waals surface area contributed by atoms with Crippen LogP contribution in [0.1, 0.15) is 0 Å². The standard InChI is InChI=1S/C9H6O2.C8H8S/c10-9-6-5-7-3-1-2-4-8(7)11-9;1-2-4-6-8-9-7-5-3-1/h1-6H;1-8H. The molecule has 0 N–H and O–H groups in total. The number of hydrogen-bond donors (Lipinski definition) is 0. The Bertz CT molecular complexity index is 682. The monoisotopic (exact) mass is 282 g/mol. The minimum absolute atomic E-state index is 0.302. The van der Waals surface area contributed by atoms with E-state index in [0.29, 0.717) is 5.58 Å². The molecule has 2 aromatic heterocycles. The minimum Gasteiger partial charge on any atom is -0.423 e. The summed E-state index contributed by atoms with van der Waals surface area (Å²) in [5, 5.41) is 5.03. The molecule has 0 radical (unpaired) electrons. The average molecular weight is 282 g/mol. The lowest BCUT2D eigenvalue weighted by atomic mass is 10.2. The normalized spacial score (nSPS) is 9.20. The van der Waals surface area contributed by atoms with E-state index in [-0.39, 0.29) is 5.63 Å². The summed E-state index contributed by atoms with van der Waals surface area (Å²) >= 11 is 1.68. The maximum atomic E-state index is 10.7. The van der Waals surface area contributed by atoms with Crippen LogP contribution in [0, 0.1) is 0 Å². The van der Waals surface area contributed by atoms with Gasteiger partial charge in [0.15, 0.2) is 0 Å². The van der Waals surface area contributed by atoms with Crippen LogP contribution in [-0.2, 0) is 0 Å². The smallest absolute Gasteiger partial charge is 0.336 e. The van der Waals surface area contributed by atoms with E-state index in [4.69, 9.17) is 4.42 Å². The molecule has 0 bridgehead atoms. The summed E-state index contributed by atoms with van der Waals surface area (Å²) in [5.74, 6) is 0. The minimum atomic E-state index is -0.302. The second-order valence-corrected chi connectivity index (χ2v) is 4.67. The van der Waals surface area contributed by atoms with Crippen molar-refractivity contribution in [2.45, 2.75) is 0 Å². The van der Waals surface area contributed by atoms with E-state index in [2.05, 4.69) is 0 Å². The Labute approximate surface area is 121 Å². The van der Waals surface area contributed by atoms with Crippen LogP contribution in [0.25, 0.3) is 11.0 Å². The Morgan fingerprint density at radius 1 is 0.700 bits per heavy atom. The van der Waals surface area contributed by atoms with E-state index in [1.54, 1.807) is 23.5 Å². The number of fused-ring (bicyclic) bond motifs is 1. The van der Waals surface area contributed by atoms with Gasteiger partial charge in [0.1, 0.15) is 5.58 Å². The second kappa shape index (κ2) is 7.92. The highest BCUT2D eigenvalue weighted by molar-refractivity contribution is 7.07. The molecule has 3 aromatic rings. The van der Waals surface area contributed by atoms with Crippen LogP contribution in [0.4, 0.5) is 0 Å². The van der Waals surface area contributed by atoms with E-state index in [1.807, 2.05) is 65.4 Å². The Hall–Kier alpha value is -2.39. The van der Waals surface area contributed by atoms with Crippen LogP contribution in [-0.4, -0.2) is 0 Å². The third kappa shape index (κ3) is 4.71. The SMILES string of the molecule is O=c1ccc2ccccc2o1.c1ccccsccc1. The van der Waals surface area contributed by atoms with E-state index in [0.717, 1.165) is 5.39 Å². The molecule has 100 valence electrons. The molecule has 0 amide bonds. The molecular formula is C17H14O2S. The first-order valence-corrected chi connectivity index (χ1v) is 7.10. The van der Waals surface area contributed by atoms with Gasteiger partial charge in [-0.1, -0.05) is 54.6 Å². The van der Waals surface area contributed by atoms with E-state index >= 15 is 0 Å². The summed E-state index contributed by atoms with van der Waals surface area (Å²) in [4.78, 5) is 10.7. The lowest BCUT2D eigenvalue weighted by Crippen LogP contribution is -1.93. The van der Waals surface area contributed by atoms with Crippen molar-refractivity contribution in [1.29, 1.82) is 0 Å². The molecule has 2 nitrogen and oxygen atoms in total. The third-order valence-electron chi connectivity index (χ3n) is 2.40. The molecule has 0 atom stereocenters. The van der Waals surface area contributed by atoms with Crippen molar-refractivity contribution in [2.75, 3.05) is 0 Å². The largest absolute Gasteiger partial charge is 0.423 e. The lowest BCUT2D eigenvalue weighted by Gasteiger charge is -1.91. The molecule has 0 aliphatic rings. The number of rotatable bonds is 0. The second-order valence-electron chi connectivity index (χ2n) is 3.86. The fourth-order valence-electron chi connectivity index (χ4n) is 1.49. The molecule has 1 aromatic carbocycles. The maximum Gasteiger partial charge on any atom is 0.336 e. The first-order chi connectivity index (χ1) is 9.86. The van der Waals surface area contributed by atoms with Gasteiger partial charge in [0.2, 0.25) is 0 Å². The summed E-state index contributed by atoms with van der Waals surface area (Å²) in [6, 6.07) is 22.7. The van der Waals surface area contributed by atoms with Gasteiger partial charge in [-0.25, -0.2) is 4.79 Å². The molecule has 0 spiro atoms. The van der Waals surface area contributed by atoms with Crippen molar-refractivity contribution in [2.24, 2.45) is 0 Å². The van der Waals surface area contributed by atoms with Gasteiger partial charge in [-0.3, -0.25) is 0 Å². The molecule has 0 saturated heterocycles. The highest BCUT2D eigenvalue weighted by Gasteiger charge is 1.92. The van der Waals surface area contributed by atoms with Gasteiger partial charge >= 0.3 is 5.63 Å². The van der Waals surface area contributed by atoms with Gasteiger partial charge in [-0.15, -0.1) is 0 Å². The van der Waals surface area contributed by atoms with Crippen molar-refractivity contribution in [3.63, 3.8) is 0 Å². The quantitative estimate of drug-likeness (QED) is 0.561. The summed E-state index contributed by atoms with van der Waals surface area (Å²) in [5.41, 5.74) is 0.337. The van der Waals surface area contributed by atoms with Crippen molar-refractivity contribution >= 4 is 22.3 Å². The summed E-state index contributed by atoms with van der Waals surface area (Å²) in [6.07, 6.45) is 0. The van der Waals surface area contributed by atoms with Crippen LogP contribution in [0.15, 0.2) is 92.8 Å². The molecule has 0 aliphatic carbocycles. The first kappa shape index (κ1) is 14.0. The molecule has 2 heterocycles. The van der Waals surface area contributed by atoms with Gasteiger partial charge in [0.25, 0.3) is 0 Å². The number of hydrogen-bond acceptors (Lipinski definition) is 3. The van der Waals surface area contributed by atoms with Crippen molar-refractivity contribution in [3.8, 4) is 0 Å². The van der Waals surface area contributed by atoms with Gasteiger partial charge in [0.05, 0.1) is 0 Å². The zero-order valence-corrected chi connectivity index (χ0v) is 11.6. The molecule has 3 heteroatoms. The summed E-state index contributed by atoms with van der Waals surface area (Å²) in [6.45, 7) is 0. The van der Waals surface area contributed by atoms with Crippen LogP contribution < -0.4 is 5.63 Å². The third-order valence-corrected chi connectivity index (χ3v) is 3.03. The highest BCUT2D eigenvalue weighted by Crippen LogP contribution is 2.08. The van der Waals surface area contributed by atoms with Gasteiger partial charge in [-0.2, -0.15) is 11.3 Å². The molecule has 0 unspecified atom stereocenters. The fraction of sp³-hybridized carbons (Fsp3) is 0. The lowest BCUT2D eigenvalue weighted by molar-refractivity contribution is 0.561. The van der Waals surface area contributed by atoms with Crippen molar-refractivity contribution in [1.82, 2.24) is 0 Å². The molecule has 20 heavy (non-hydrogen) atoms. The average Bonchev–Trinajstić information content (AvgIpc) is 2.63.